The van der Waals surface area contributed by atoms with E-state index < -0.39 is 0 Å². The molecule has 2 aromatic rings. The number of amides is 1. The van der Waals surface area contributed by atoms with Gasteiger partial charge in [0.25, 0.3) is 5.91 Å². The lowest BCUT2D eigenvalue weighted by molar-refractivity contribution is 0.0926. The number of rotatable bonds is 4. The van der Waals surface area contributed by atoms with Gasteiger partial charge in [-0.25, -0.2) is 0 Å². The molecule has 1 amide bonds. The highest BCUT2D eigenvalue weighted by Gasteiger charge is 2.17. The first-order chi connectivity index (χ1) is 8.60. The minimum atomic E-state index is -0.192. The Bertz CT molecular complexity index is 545. The zero-order valence-corrected chi connectivity index (χ0v) is 11.5. The standard InChI is InChI=1S/C13H16N2O2S/c1-4-11(10-6-9(3)18-7-10)14-13(16)12-5-8(2)17-15-12/h5-7,11H,4H2,1-3H3,(H,14,16). The molecule has 18 heavy (non-hydrogen) atoms. The summed E-state index contributed by atoms with van der Waals surface area (Å²) in [7, 11) is 0. The van der Waals surface area contributed by atoms with Gasteiger partial charge in [0.1, 0.15) is 5.76 Å². The maximum Gasteiger partial charge on any atom is 0.273 e. The second-order valence-corrected chi connectivity index (χ2v) is 5.36. The smallest absolute Gasteiger partial charge is 0.273 e. The minimum Gasteiger partial charge on any atom is -0.361 e. The van der Waals surface area contributed by atoms with Gasteiger partial charge < -0.3 is 9.84 Å². The Morgan fingerprint density at radius 1 is 1.50 bits per heavy atom. The number of carbonyl (C=O) groups excluding carboxylic acids is 1. The maximum absolute atomic E-state index is 12.0. The third-order valence-electron chi connectivity index (χ3n) is 2.73. The molecule has 0 spiro atoms. The largest absolute Gasteiger partial charge is 0.361 e. The SMILES string of the molecule is CCC(NC(=O)c1cc(C)on1)c1csc(C)c1. The third kappa shape index (κ3) is 2.79. The summed E-state index contributed by atoms with van der Waals surface area (Å²) in [5, 5.41) is 8.77. The van der Waals surface area contributed by atoms with Crippen LogP contribution >= 0.6 is 11.3 Å². The molecular formula is C13H16N2O2S. The van der Waals surface area contributed by atoms with E-state index in [0.29, 0.717) is 11.5 Å². The lowest BCUT2D eigenvalue weighted by Crippen LogP contribution is -2.28. The first-order valence-electron chi connectivity index (χ1n) is 5.89. The van der Waals surface area contributed by atoms with Crippen LogP contribution in [0.15, 0.2) is 22.0 Å². The highest BCUT2D eigenvalue weighted by Crippen LogP contribution is 2.23. The summed E-state index contributed by atoms with van der Waals surface area (Å²) < 4.78 is 4.90. The summed E-state index contributed by atoms with van der Waals surface area (Å²) in [6.07, 6.45) is 0.846. The topological polar surface area (TPSA) is 55.1 Å². The number of nitrogens with one attached hydrogen (secondary N) is 1. The van der Waals surface area contributed by atoms with E-state index in [4.69, 9.17) is 4.52 Å². The summed E-state index contributed by atoms with van der Waals surface area (Å²) >= 11 is 1.69. The summed E-state index contributed by atoms with van der Waals surface area (Å²) in [5.41, 5.74) is 1.48. The van der Waals surface area contributed by atoms with Crippen LogP contribution in [0, 0.1) is 13.8 Å². The van der Waals surface area contributed by atoms with Crippen molar-refractivity contribution in [2.45, 2.75) is 33.2 Å². The number of carbonyl (C=O) groups is 1. The van der Waals surface area contributed by atoms with Gasteiger partial charge in [-0.3, -0.25) is 4.79 Å². The van der Waals surface area contributed by atoms with Gasteiger partial charge in [-0.1, -0.05) is 12.1 Å². The van der Waals surface area contributed by atoms with Gasteiger partial charge in [-0.05, 0) is 37.3 Å². The van der Waals surface area contributed by atoms with E-state index in [2.05, 4.69) is 28.8 Å². The van der Waals surface area contributed by atoms with E-state index in [-0.39, 0.29) is 11.9 Å². The van der Waals surface area contributed by atoms with E-state index in [0.717, 1.165) is 12.0 Å². The molecule has 0 aliphatic heterocycles. The molecular weight excluding hydrogens is 248 g/mol. The average molecular weight is 264 g/mol. The number of aryl methyl sites for hydroxylation is 2. The van der Waals surface area contributed by atoms with Crippen LogP contribution < -0.4 is 5.32 Å². The Labute approximate surface area is 110 Å². The molecule has 0 bridgehead atoms. The Morgan fingerprint density at radius 3 is 2.78 bits per heavy atom. The van der Waals surface area contributed by atoms with Crippen molar-refractivity contribution >= 4 is 17.2 Å². The third-order valence-corrected chi connectivity index (χ3v) is 3.61. The molecule has 0 aromatic carbocycles. The molecule has 0 aliphatic carbocycles. The molecule has 1 unspecified atom stereocenters. The quantitative estimate of drug-likeness (QED) is 0.922. The van der Waals surface area contributed by atoms with Crippen LogP contribution in [0.25, 0.3) is 0 Å². The molecule has 96 valence electrons. The van der Waals surface area contributed by atoms with Gasteiger partial charge in [0.2, 0.25) is 0 Å². The average Bonchev–Trinajstić information content (AvgIpc) is 2.94. The fraction of sp³-hybridized carbons (Fsp3) is 0.385. The number of hydrogen-bond acceptors (Lipinski definition) is 4. The van der Waals surface area contributed by atoms with Gasteiger partial charge >= 0.3 is 0 Å². The predicted molar refractivity (Wildman–Crippen MR) is 70.8 cm³/mol. The van der Waals surface area contributed by atoms with E-state index in [1.54, 1.807) is 24.3 Å². The first kappa shape index (κ1) is 12.8. The van der Waals surface area contributed by atoms with E-state index in [1.807, 2.05) is 6.92 Å². The monoisotopic (exact) mass is 264 g/mol. The molecule has 0 radical (unpaired) electrons. The van der Waals surface area contributed by atoms with Crippen molar-refractivity contribution in [1.29, 1.82) is 0 Å². The summed E-state index contributed by atoms with van der Waals surface area (Å²) in [6.45, 7) is 5.87. The van der Waals surface area contributed by atoms with Crippen LogP contribution in [0.4, 0.5) is 0 Å². The lowest BCUT2D eigenvalue weighted by atomic mass is 10.1. The number of nitrogens with zero attached hydrogens (tertiary/aromatic N) is 1. The number of thiophene rings is 1. The highest BCUT2D eigenvalue weighted by atomic mass is 32.1. The molecule has 0 saturated carbocycles. The molecule has 2 rings (SSSR count). The molecule has 1 N–H and O–H groups in total. The van der Waals surface area contributed by atoms with Crippen molar-refractivity contribution in [2.75, 3.05) is 0 Å². The Kier molecular flexibility index (Phi) is 3.81. The summed E-state index contributed by atoms with van der Waals surface area (Å²) in [6, 6.07) is 3.77. The molecule has 2 aromatic heterocycles. The normalized spacial score (nSPS) is 12.4. The van der Waals surface area contributed by atoms with Crippen molar-refractivity contribution in [1.82, 2.24) is 10.5 Å². The van der Waals surface area contributed by atoms with E-state index in [1.165, 1.54) is 4.88 Å². The van der Waals surface area contributed by atoms with Crippen LogP contribution in [-0.4, -0.2) is 11.1 Å². The van der Waals surface area contributed by atoms with Gasteiger partial charge in [0.15, 0.2) is 5.69 Å². The molecule has 5 heteroatoms. The van der Waals surface area contributed by atoms with Gasteiger partial charge in [0, 0.05) is 10.9 Å². The maximum atomic E-state index is 12.0. The highest BCUT2D eigenvalue weighted by molar-refractivity contribution is 7.10. The van der Waals surface area contributed by atoms with Crippen molar-refractivity contribution in [3.8, 4) is 0 Å². The zero-order chi connectivity index (χ0) is 13.1. The molecule has 0 fully saturated rings. The first-order valence-corrected chi connectivity index (χ1v) is 6.77. The molecule has 0 saturated heterocycles. The van der Waals surface area contributed by atoms with E-state index >= 15 is 0 Å². The molecule has 0 aliphatic rings. The van der Waals surface area contributed by atoms with Crippen LogP contribution in [0.2, 0.25) is 0 Å². The van der Waals surface area contributed by atoms with Crippen molar-refractivity contribution in [3.05, 3.63) is 39.4 Å². The number of aromatic nitrogens is 1. The Balaban J connectivity index is 2.09. The Morgan fingerprint density at radius 2 is 2.28 bits per heavy atom. The summed E-state index contributed by atoms with van der Waals surface area (Å²) in [4.78, 5) is 13.2. The van der Waals surface area contributed by atoms with Crippen molar-refractivity contribution in [2.24, 2.45) is 0 Å². The molecule has 4 nitrogen and oxygen atoms in total. The van der Waals surface area contributed by atoms with Crippen LogP contribution in [-0.2, 0) is 0 Å². The van der Waals surface area contributed by atoms with Gasteiger partial charge in [0.05, 0.1) is 6.04 Å². The van der Waals surface area contributed by atoms with Crippen LogP contribution in [0.1, 0.15) is 46.1 Å². The minimum absolute atomic E-state index is 0.0273. The van der Waals surface area contributed by atoms with E-state index in [9.17, 15) is 4.79 Å². The molecule has 2 heterocycles. The molecule has 1 atom stereocenters. The predicted octanol–water partition coefficient (Wildman–Crippen LogP) is 3.23. The second kappa shape index (κ2) is 5.35. The number of hydrogen-bond donors (Lipinski definition) is 1. The van der Waals surface area contributed by atoms with Gasteiger partial charge in [-0.2, -0.15) is 0 Å². The second-order valence-electron chi connectivity index (χ2n) is 4.25. The van der Waals surface area contributed by atoms with Crippen LogP contribution in [0.5, 0.6) is 0 Å². The van der Waals surface area contributed by atoms with Crippen molar-refractivity contribution in [3.63, 3.8) is 0 Å². The Hall–Kier alpha value is -1.62. The van der Waals surface area contributed by atoms with Crippen LogP contribution in [0.3, 0.4) is 0 Å². The summed E-state index contributed by atoms with van der Waals surface area (Å²) in [5.74, 6) is 0.446. The zero-order valence-electron chi connectivity index (χ0n) is 10.7. The van der Waals surface area contributed by atoms with Gasteiger partial charge in [-0.15, -0.1) is 11.3 Å². The fourth-order valence-corrected chi connectivity index (χ4v) is 2.53. The van der Waals surface area contributed by atoms with Crippen molar-refractivity contribution < 1.29 is 9.32 Å². The lowest BCUT2D eigenvalue weighted by Gasteiger charge is -2.14. The fourth-order valence-electron chi connectivity index (χ4n) is 1.77.